The smallest absolute Gasteiger partial charge is 0.407 e. The minimum Gasteiger partial charge on any atom is -0.465 e. The van der Waals surface area contributed by atoms with Gasteiger partial charge in [0.25, 0.3) is 16.0 Å². The molecule has 0 saturated carbocycles. The lowest BCUT2D eigenvalue weighted by Gasteiger charge is -2.42. The standard InChI is InChI=1S/C35H50F2N6O7S/c1-3-51(47,48)50-19-8-6-4-5-7-16-42-32-30(23-43(33(42)44)29-14-20-49-21-15-29)31(38-24-39-32)40-25(2)26-10-9-11-28(22-26)35(36,37)27-12-17-41(18-13-27)34(45)46/h9-11,22,24-25,27,29H,3-8,12-21,23H2,1-2H3,(H,45,46)(H,38,39,40). The summed E-state index contributed by atoms with van der Waals surface area (Å²) in [4.78, 5) is 39.1. The van der Waals surface area contributed by atoms with Crippen molar-refractivity contribution in [2.75, 3.05) is 55.4 Å². The maximum absolute atomic E-state index is 15.7. The van der Waals surface area contributed by atoms with E-state index < -0.39 is 34.1 Å². The van der Waals surface area contributed by atoms with Gasteiger partial charge >= 0.3 is 12.1 Å². The number of aromatic nitrogens is 2. The molecule has 2 N–H and O–H groups in total. The van der Waals surface area contributed by atoms with E-state index in [9.17, 15) is 23.1 Å². The zero-order valence-corrected chi connectivity index (χ0v) is 30.3. The van der Waals surface area contributed by atoms with Crippen LogP contribution in [0.15, 0.2) is 30.6 Å². The molecule has 51 heavy (non-hydrogen) atoms. The van der Waals surface area contributed by atoms with Gasteiger partial charge in [-0.15, -0.1) is 0 Å². The summed E-state index contributed by atoms with van der Waals surface area (Å²) in [5.41, 5.74) is 1.30. The van der Waals surface area contributed by atoms with Crippen molar-refractivity contribution in [3.63, 3.8) is 0 Å². The second-order valence-electron chi connectivity index (χ2n) is 13.5. The number of likely N-dealkylation sites (tertiary alicyclic amines) is 1. The zero-order valence-electron chi connectivity index (χ0n) is 29.4. The Hall–Kier alpha value is -3.63. The lowest BCUT2D eigenvalue weighted by Crippen LogP contribution is -2.53. The average Bonchev–Trinajstić information content (AvgIpc) is 3.13. The number of carbonyl (C=O) groups is 2. The number of rotatable bonds is 16. The quantitative estimate of drug-likeness (QED) is 0.147. The largest absolute Gasteiger partial charge is 0.465 e. The summed E-state index contributed by atoms with van der Waals surface area (Å²) >= 11 is 0. The predicted octanol–water partition coefficient (Wildman–Crippen LogP) is 6.37. The number of benzene rings is 1. The number of piperidine rings is 1. The molecule has 5 rings (SSSR count). The number of halogens is 2. The van der Waals surface area contributed by atoms with Crippen molar-refractivity contribution in [1.82, 2.24) is 19.8 Å². The Bertz CT molecular complexity index is 1600. The van der Waals surface area contributed by atoms with E-state index in [0.717, 1.165) is 31.2 Å². The Morgan fingerprint density at radius 2 is 1.80 bits per heavy atom. The van der Waals surface area contributed by atoms with Gasteiger partial charge in [-0.1, -0.05) is 37.5 Å². The maximum atomic E-state index is 15.7. The highest BCUT2D eigenvalue weighted by Crippen LogP contribution is 2.42. The molecule has 0 radical (unpaired) electrons. The van der Waals surface area contributed by atoms with Gasteiger partial charge in [0.2, 0.25) is 0 Å². The Morgan fingerprint density at radius 1 is 1.10 bits per heavy atom. The van der Waals surface area contributed by atoms with Gasteiger partial charge in [-0.25, -0.2) is 28.3 Å². The van der Waals surface area contributed by atoms with E-state index >= 15 is 8.78 Å². The van der Waals surface area contributed by atoms with Crippen LogP contribution in [-0.2, 0) is 31.5 Å². The van der Waals surface area contributed by atoms with Crippen molar-refractivity contribution in [1.29, 1.82) is 0 Å². The second kappa shape index (κ2) is 17.3. The highest BCUT2D eigenvalue weighted by atomic mass is 32.2. The molecular weight excluding hydrogens is 686 g/mol. The topological polar surface area (TPSA) is 154 Å². The number of carbonyl (C=O) groups excluding carboxylic acids is 1. The minimum absolute atomic E-state index is 0.00643. The van der Waals surface area contributed by atoms with E-state index in [1.807, 2.05) is 11.8 Å². The Morgan fingerprint density at radius 3 is 2.51 bits per heavy atom. The molecule has 1 aromatic heterocycles. The van der Waals surface area contributed by atoms with Crippen LogP contribution in [0.5, 0.6) is 0 Å². The first-order valence-electron chi connectivity index (χ1n) is 18.0. The first kappa shape index (κ1) is 38.6. The zero-order chi connectivity index (χ0) is 36.6. The fraction of sp³-hybridized carbons (Fsp3) is 0.657. The molecule has 3 aliphatic rings. The summed E-state index contributed by atoms with van der Waals surface area (Å²) < 4.78 is 65.1. The number of hydrogen-bond donors (Lipinski definition) is 2. The van der Waals surface area contributed by atoms with Gasteiger partial charge in [-0.3, -0.25) is 9.08 Å². The Labute approximate surface area is 298 Å². The van der Waals surface area contributed by atoms with Crippen molar-refractivity contribution in [2.45, 2.75) is 96.2 Å². The maximum Gasteiger partial charge on any atom is 0.407 e. The number of nitrogens with zero attached hydrogens (tertiary/aromatic N) is 5. The molecule has 0 aliphatic carbocycles. The molecule has 1 aromatic carbocycles. The minimum atomic E-state index is -3.44. The first-order chi connectivity index (χ1) is 24.4. The summed E-state index contributed by atoms with van der Waals surface area (Å²) in [6.07, 6.45) is 5.80. The highest BCUT2D eigenvalue weighted by molar-refractivity contribution is 7.86. The number of hydrogen-bond acceptors (Lipinski definition) is 9. The van der Waals surface area contributed by atoms with E-state index in [2.05, 4.69) is 15.3 Å². The van der Waals surface area contributed by atoms with Gasteiger partial charge in [-0.05, 0) is 64.0 Å². The SMILES string of the molecule is CCS(=O)(=O)OCCCCCCCN1C(=O)N(C2CCOCC2)Cc2c(NC(C)c3cccc(C(F)(F)C4CCN(C(=O)O)CC4)c3)ncnc21. The third-order valence-corrected chi connectivity index (χ3v) is 11.4. The van der Waals surface area contributed by atoms with E-state index in [1.165, 1.54) is 23.4 Å². The number of fused-ring (bicyclic) bond motifs is 1. The van der Waals surface area contributed by atoms with Crippen LogP contribution in [0, 0.1) is 5.92 Å². The molecule has 1 atom stereocenters. The molecule has 0 spiro atoms. The monoisotopic (exact) mass is 736 g/mol. The van der Waals surface area contributed by atoms with Crippen molar-refractivity contribution in [3.8, 4) is 0 Å². The molecule has 2 saturated heterocycles. The molecule has 13 nitrogen and oxygen atoms in total. The van der Waals surface area contributed by atoms with Crippen LogP contribution in [0.1, 0.15) is 94.4 Å². The third kappa shape index (κ3) is 9.63. The van der Waals surface area contributed by atoms with Crippen LogP contribution >= 0.6 is 0 Å². The fourth-order valence-corrected chi connectivity index (χ4v) is 7.56. The number of alkyl halides is 2. The number of amides is 3. The molecule has 16 heteroatoms. The average molecular weight is 737 g/mol. The summed E-state index contributed by atoms with van der Waals surface area (Å²) in [5.74, 6) is -3.07. The number of unbranched alkanes of at least 4 members (excludes halogenated alkanes) is 4. The van der Waals surface area contributed by atoms with Gasteiger partial charge in [0.15, 0.2) is 0 Å². The van der Waals surface area contributed by atoms with Crippen LogP contribution in [-0.4, -0.2) is 96.7 Å². The summed E-state index contributed by atoms with van der Waals surface area (Å²) in [6, 6.07) is 5.80. The van der Waals surface area contributed by atoms with E-state index in [4.69, 9.17) is 8.92 Å². The van der Waals surface area contributed by atoms with E-state index in [1.54, 1.807) is 24.0 Å². The molecule has 2 fully saturated rings. The van der Waals surface area contributed by atoms with Gasteiger partial charge < -0.3 is 25.0 Å². The van der Waals surface area contributed by atoms with Gasteiger partial charge in [0.05, 0.1) is 24.5 Å². The molecule has 4 heterocycles. The van der Waals surface area contributed by atoms with Crippen LogP contribution in [0.3, 0.4) is 0 Å². The lowest BCUT2D eigenvalue weighted by atomic mass is 9.85. The fourth-order valence-electron chi connectivity index (χ4n) is 7.02. The van der Waals surface area contributed by atoms with Gasteiger partial charge in [0, 0.05) is 56.4 Å². The highest BCUT2D eigenvalue weighted by Gasteiger charge is 2.43. The normalized spacial score (nSPS) is 18.5. The van der Waals surface area contributed by atoms with Gasteiger partial charge in [-0.2, -0.15) is 8.42 Å². The molecule has 2 aromatic rings. The molecule has 3 aliphatic heterocycles. The van der Waals surface area contributed by atoms with E-state index in [0.29, 0.717) is 62.8 Å². The lowest BCUT2D eigenvalue weighted by molar-refractivity contribution is -0.0836. The number of ether oxygens (including phenoxy) is 1. The van der Waals surface area contributed by atoms with Crippen LogP contribution < -0.4 is 10.2 Å². The molecule has 1 unspecified atom stereocenters. The van der Waals surface area contributed by atoms with Crippen molar-refractivity contribution >= 4 is 33.9 Å². The number of anilines is 2. The summed E-state index contributed by atoms with van der Waals surface area (Å²) in [6.45, 7) is 5.64. The molecule has 282 valence electrons. The van der Waals surface area contributed by atoms with Crippen LogP contribution in [0.4, 0.5) is 30.0 Å². The third-order valence-electron chi connectivity index (χ3n) is 10.2. The van der Waals surface area contributed by atoms with Crippen molar-refractivity contribution < 1.29 is 40.8 Å². The Kier molecular flexibility index (Phi) is 13.1. The molecule has 0 bridgehead atoms. The van der Waals surface area contributed by atoms with Crippen LogP contribution in [0.2, 0.25) is 0 Å². The van der Waals surface area contributed by atoms with Gasteiger partial charge in [0.1, 0.15) is 18.0 Å². The number of nitrogens with one attached hydrogen (secondary N) is 1. The number of carboxylic acid groups (broad SMARTS) is 1. The first-order valence-corrected chi connectivity index (χ1v) is 19.6. The Balaban J connectivity index is 1.28. The van der Waals surface area contributed by atoms with Crippen LogP contribution in [0.25, 0.3) is 0 Å². The summed E-state index contributed by atoms with van der Waals surface area (Å²) in [5, 5.41) is 12.7. The number of urea groups is 1. The molecular formula is C35H50F2N6O7S. The molecule has 3 amide bonds. The summed E-state index contributed by atoms with van der Waals surface area (Å²) in [7, 11) is -3.44. The van der Waals surface area contributed by atoms with Crippen molar-refractivity contribution in [3.05, 3.63) is 47.3 Å². The van der Waals surface area contributed by atoms with Crippen molar-refractivity contribution in [2.24, 2.45) is 5.92 Å². The predicted molar refractivity (Wildman–Crippen MR) is 187 cm³/mol. The van der Waals surface area contributed by atoms with E-state index in [-0.39, 0.29) is 55.9 Å². The second-order valence-corrected chi connectivity index (χ2v) is 15.5.